The maximum absolute atomic E-state index is 15.0. The van der Waals surface area contributed by atoms with E-state index in [-0.39, 0.29) is 71.6 Å². The summed E-state index contributed by atoms with van der Waals surface area (Å²) < 4.78 is 50.3. The average Bonchev–Trinajstić information content (AvgIpc) is 4.00. The third kappa shape index (κ3) is 9.18. The van der Waals surface area contributed by atoms with Crippen molar-refractivity contribution in [3.05, 3.63) is 105 Å². The number of aromatic nitrogens is 2. The number of likely N-dealkylation sites (tertiary alicyclic amines) is 2. The van der Waals surface area contributed by atoms with Gasteiger partial charge in [-0.25, -0.2) is 4.79 Å². The highest BCUT2D eigenvalue weighted by atomic mass is 32.1. The molecule has 5 aromatic rings. The van der Waals surface area contributed by atoms with E-state index in [0.717, 1.165) is 34.6 Å². The van der Waals surface area contributed by atoms with Gasteiger partial charge < -0.3 is 29.6 Å². The number of imidazole rings is 1. The Morgan fingerprint density at radius 2 is 1.68 bits per heavy atom. The molecule has 0 radical (unpaired) electrons. The van der Waals surface area contributed by atoms with E-state index in [1.807, 2.05) is 48.5 Å². The smallest absolute Gasteiger partial charge is 0.370 e. The molecular formula is C48H54F2N7O10PS. The Labute approximate surface area is 399 Å². The van der Waals surface area contributed by atoms with E-state index in [1.165, 1.54) is 21.3 Å². The molecule has 1 unspecified atom stereocenters. The molecule has 4 aliphatic heterocycles. The third-order valence-corrected chi connectivity index (χ3v) is 16.1. The van der Waals surface area contributed by atoms with Crippen molar-refractivity contribution in [2.75, 3.05) is 39.3 Å². The summed E-state index contributed by atoms with van der Waals surface area (Å²) in [7, 11) is -4.19. The first-order valence-corrected chi connectivity index (χ1v) is 25.3. The van der Waals surface area contributed by atoms with Crippen molar-refractivity contribution in [3.63, 3.8) is 0 Å². The minimum Gasteiger partial charge on any atom is -0.370 e. The van der Waals surface area contributed by atoms with Gasteiger partial charge in [0.15, 0.2) is 0 Å². The van der Waals surface area contributed by atoms with E-state index < -0.39 is 60.1 Å². The Bertz CT molecular complexity index is 2980. The predicted octanol–water partition coefficient (Wildman–Crippen LogP) is 4.85. The number of rotatable bonds is 11. The van der Waals surface area contributed by atoms with Gasteiger partial charge in [-0.2, -0.15) is 8.78 Å². The van der Waals surface area contributed by atoms with Gasteiger partial charge in [-0.05, 0) is 76.9 Å². The molecule has 21 heteroatoms. The van der Waals surface area contributed by atoms with Crippen molar-refractivity contribution in [3.8, 4) is 0 Å². The molecular weight excluding hydrogens is 936 g/mol. The summed E-state index contributed by atoms with van der Waals surface area (Å²) in [4.78, 5) is 106. The normalized spacial score (nSPS) is 22.5. The summed E-state index contributed by atoms with van der Waals surface area (Å²) in [5.41, 5.74) is -3.44. The van der Waals surface area contributed by atoms with Crippen LogP contribution >= 0.6 is 18.9 Å². The number of carbonyl (C=O) groups excluding carboxylic acids is 5. The van der Waals surface area contributed by atoms with Gasteiger partial charge in [0.1, 0.15) is 24.2 Å². The topological polar surface area (TPSA) is 213 Å². The number of piperidine rings is 1. The number of nitrogens with one attached hydrogen (secondary N) is 2. The van der Waals surface area contributed by atoms with Gasteiger partial charge in [0.25, 0.3) is 5.91 Å². The Kier molecular flexibility index (Phi) is 12.8. The highest BCUT2D eigenvalue weighted by Gasteiger charge is 2.53. The fraction of sp³-hybridized carbons (Fsp3) is 0.458. The number of carbonyl (C=O) groups is 5. The van der Waals surface area contributed by atoms with Crippen LogP contribution in [-0.4, -0.2) is 115 Å². The standard InChI is InChI=1S/C48H54F2N7O10PS/c1-47(2,3)41(52-43(60)38-22-29-21-31(11-14-37(29)69-38)48(49,50)68(64,65)66)45(62)56-17-16-32(40(56)44(61)55-18-19-67-36(26-55)28-8-6-5-7-9-28)30-24-54(25-30)23-27-10-12-33-35(20-27)53(4)46(63)57(33)34-13-15-39(58)51-42(34)59/h5-12,14,20-22,30,32,34,36,40-41H,13,15-19,23-26H2,1-4H3,(H,52,60)(H,51,58,59)(H2,64,65,66)/t32-,34?,36-,40-,41+/m0/s1. The van der Waals surface area contributed by atoms with Crippen LogP contribution in [0, 0.1) is 17.3 Å². The fourth-order valence-corrected chi connectivity index (χ4v) is 11.7. The van der Waals surface area contributed by atoms with Crippen LogP contribution < -0.4 is 16.3 Å². The molecule has 0 saturated carbocycles. The first kappa shape index (κ1) is 48.4. The zero-order chi connectivity index (χ0) is 49.3. The summed E-state index contributed by atoms with van der Waals surface area (Å²) in [6.45, 7) is 8.39. The molecule has 9 rings (SSSR count). The molecule has 366 valence electrons. The molecule has 6 heterocycles. The largest absolute Gasteiger partial charge is 0.399 e. The lowest BCUT2D eigenvalue weighted by molar-refractivity contribution is -0.153. The van der Waals surface area contributed by atoms with E-state index in [2.05, 4.69) is 15.5 Å². The van der Waals surface area contributed by atoms with Gasteiger partial charge in [0.2, 0.25) is 23.6 Å². The number of hydrogen-bond donors (Lipinski definition) is 4. The van der Waals surface area contributed by atoms with Crippen LogP contribution in [0.3, 0.4) is 0 Å². The molecule has 4 saturated heterocycles. The number of benzene rings is 3. The van der Waals surface area contributed by atoms with E-state index >= 15 is 9.59 Å². The van der Waals surface area contributed by atoms with Crippen molar-refractivity contribution < 1.29 is 51.8 Å². The number of morpholine rings is 1. The van der Waals surface area contributed by atoms with Gasteiger partial charge in [0, 0.05) is 56.5 Å². The van der Waals surface area contributed by atoms with Crippen molar-refractivity contribution in [2.24, 2.45) is 24.3 Å². The quantitative estimate of drug-likeness (QED) is 0.104. The number of nitrogens with zero attached hydrogens (tertiary/aromatic N) is 5. The van der Waals surface area contributed by atoms with Crippen LogP contribution in [0.25, 0.3) is 21.1 Å². The Morgan fingerprint density at radius 3 is 2.38 bits per heavy atom. The second-order valence-electron chi connectivity index (χ2n) is 19.7. The van der Waals surface area contributed by atoms with E-state index in [0.29, 0.717) is 54.9 Å². The number of fused-ring (bicyclic) bond motifs is 2. The summed E-state index contributed by atoms with van der Waals surface area (Å²) >= 11 is 0.981. The molecule has 69 heavy (non-hydrogen) atoms. The molecule has 4 aliphatic rings. The zero-order valence-corrected chi connectivity index (χ0v) is 40.2. The maximum atomic E-state index is 15.0. The van der Waals surface area contributed by atoms with Crippen molar-refractivity contribution in [2.45, 2.75) is 76.5 Å². The number of thiophene rings is 1. The van der Waals surface area contributed by atoms with Gasteiger partial charge >= 0.3 is 18.9 Å². The number of imide groups is 1. The summed E-state index contributed by atoms with van der Waals surface area (Å²) in [5, 5.41) is 5.41. The van der Waals surface area contributed by atoms with Gasteiger partial charge in [0.05, 0.1) is 29.1 Å². The van der Waals surface area contributed by atoms with Crippen LogP contribution in [0.2, 0.25) is 0 Å². The molecule has 5 atom stereocenters. The molecule has 0 spiro atoms. The van der Waals surface area contributed by atoms with Crippen LogP contribution in [-0.2, 0) is 47.7 Å². The Hall–Kier alpha value is -5.63. The molecule has 0 bridgehead atoms. The lowest BCUT2D eigenvalue weighted by atomic mass is 9.79. The first-order chi connectivity index (χ1) is 32.6. The lowest BCUT2D eigenvalue weighted by Gasteiger charge is -2.46. The van der Waals surface area contributed by atoms with Crippen LogP contribution in [0.15, 0.2) is 77.6 Å². The Balaban J connectivity index is 0.947. The number of hydrogen-bond acceptors (Lipinski definition) is 10. The van der Waals surface area contributed by atoms with Crippen molar-refractivity contribution in [1.82, 2.24) is 34.5 Å². The molecule has 4 N–H and O–H groups in total. The minimum atomic E-state index is -5.84. The van der Waals surface area contributed by atoms with E-state index in [9.17, 15) is 42.3 Å². The average molecular weight is 990 g/mol. The molecule has 0 aliphatic carbocycles. The highest BCUT2D eigenvalue weighted by molar-refractivity contribution is 7.52. The minimum absolute atomic E-state index is 0.0356. The SMILES string of the molecule is Cn1c(=O)n(C2CCC(=O)NC2=O)c2ccc(CN3CC([C@@H]4CCN(C(=O)[C@@H](NC(=O)c5cc6cc(C(F)(F)P(=O)(O)O)ccc6s5)C(C)(C)C)[C@@H]4C(=O)N4CCO[C@H](c5ccccc5)C4)C3)cc21. The number of halogens is 2. The molecule has 3 aromatic carbocycles. The van der Waals surface area contributed by atoms with Crippen molar-refractivity contribution in [1.29, 1.82) is 0 Å². The summed E-state index contributed by atoms with van der Waals surface area (Å²) in [6.07, 6.45) is 0.538. The zero-order valence-electron chi connectivity index (χ0n) is 38.5. The van der Waals surface area contributed by atoms with Gasteiger partial charge in [-0.1, -0.05) is 63.2 Å². The van der Waals surface area contributed by atoms with E-state index in [4.69, 9.17) is 4.74 Å². The number of alkyl halides is 2. The monoisotopic (exact) mass is 989 g/mol. The number of ether oxygens (including phenoxy) is 1. The van der Waals surface area contributed by atoms with Crippen LogP contribution in [0.1, 0.15) is 78.5 Å². The maximum Gasteiger partial charge on any atom is 0.399 e. The predicted molar refractivity (Wildman–Crippen MR) is 251 cm³/mol. The molecule has 5 amide bonds. The van der Waals surface area contributed by atoms with E-state index in [1.54, 1.807) is 37.6 Å². The Morgan fingerprint density at radius 1 is 0.942 bits per heavy atom. The molecule has 4 fully saturated rings. The van der Waals surface area contributed by atoms with Gasteiger partial charge in [-0.3, -0.25) is 47.9 Å². The van der Waals surface area contributed by atoms with Crippen molar-refractivity contribution >= 4 is 69.6 Å². The molecule has 2 aromatic heterocycles. The third-order valence-electron chi connectivity index (χ3n) is 14.0. The number of amides is 5. The highest BCUT2D eigenvalue weighted by Crippen LogP contribution is 2.59. The summed E-state index contributed by atoms with van der Waals surface area (Å²) in [6, 6.07) is 17.0. The first-order valence-electron chi connectivity index (χ1n) is 22.9. The molecule has 17 nitrogen and oxygen atoms in total. The summed E-state index contributed by atoms with van der Waals surface area (Å²) in [5.74, 6) is -2.34. The van der Waals surface area contributed by atoms with Gasteiger partial charge in [-0.15, -0.1) is 11.3 Å². The second kappa shape index (κ2) is 18.3. The number of aryl methyl sites for hydroxylation is 1. The van der Waals surface area contributed by atoms with Crippen LogP contribution in [0.4, 0.5) is 8.78 Å². The van der Waals surface area contributed by atoms with Crippen LogP contribution in [0.5, 0.6) is 0 Å². The fourth-order valence-electron chi connectivity index (χ4n) is 10.3. The lowest BCUT2D eigenvalue weighted by Crippen LogP contribution is -2.61. The second-order valence-corrected chi connectivity index (χ2v) is 22.4.